The van der Waals surface area contributed by atoms with Crippen molar-refractivity contribution < 1.29 is 14.6 Å². The normalized spacial score (nSPS) is 11.8. The molecule has 0 bridgehead atoms. The van der Waals surface area contributed by atoms with Crippen molar-refractivity contribution in [1.82, 2.24) is 0 Å². The van der Waals surface area contributed by atoms with Crippen LogP contribution in [0.1, 0.15) is 34.1 Å². The molecule has 0 aromatic rings. The zero-order chi connectivity index (χ0) is 10.5. The molecule has 3 heteroatoms. The van der Waals surface area contributed by atoms with Crippen LogP contribution in [-0.4, -0.2) is 24.3 Å². The van der Waals surface area contributed by atoms with Crippen LogP contribution in [0.15, 0.2) is 0 Å². The van der Waals surface area contributed by atoms with E-state index in [-0.39, 0.29) is 19.2 Å². The van der Waals surface area contributed by atoms with Gasteiger partial charge in [0, 0.05) is 0 Å². The summed E-state index contributed by atoms with van der Waals surface area (Å²) in [6.07, 6.45) is 0.803. The van der Waals surface area contributed by atoms with Crippen LogP contribution in [0.2, 0.25) is 0 Å². The predicted octanol–water partition coefficient (Wildman–Crippen LogP) is 1.59. The van der Waals surface area contributed by atoms with Crippen molar-refractivity contribution in [3.05, 3.63) is 0 Å². The summed E-state index contributed by atoms with van der Waals surface area (Å²) in [5.41, 5.74) is -0.441. The summed E-state index contributed by atoms with van der Waals surface area (Å²) in [5, 5.41) is 8.49. The van der Waals surface area contributed by atoms with Gasteiger partial charge in [-0.3, -0.25) is 4.79 Å². The molecule has 1 N–H and O–H groups in total. The monoisotopic (exact) mass is 188 g/mol. The third-order valence-corrected chi connectivity index (χ3v) is 1.80. The number of ether oxygens (including phenoxy) is 1. The molecule has 0 amide bonds. The van der Waals surface area contributed by atoms with E-state index < -0.39 is 5.41 Å². The molecule has 0 unspecified atom stereocenters. The van der Waals surface area contributed by atoms with Crippen molar-refractivity contribution in [2.24, 2.45) is 11.3 Å². The van der Waals surface area contributed by atoms with Crippen LogP contribution in [0, 0.1) is 11.3 Å². The molecule has 0 saturated heterocycles. The second-order valence-corrected chi connectivity index (χ2v) is 4.34. The first kappa shape index (κ1) is 12.4. The lowest BCUT2D eigenvalue weighted by molar-refractivity contribution is -0.155. The van der Waals surface area contributed by atoms with Crippen LogP contribution in [0.4, 0.5) is 0 Å². The summed E-state index contributed by atoms with van der Waals surface area (Å²) in [5.74, 6) is 0.243. The zero-order valence-electron chi connectivity index (χ0n) is 8.96. The molecule has 0 atom stereocenters. The first-order chi connectivity index (χ1) is 5.90. The topological polar surface area (TPSA) is 46.5 Å². The van der Waals surface area contributed by atoms with Gasteiger partial charge in [-0.05, 0) is 26.2 Å². The maximum absolute atomic E-state index is 11.4. The number of esters is 1. The van der Waals surface area contributed by atoms with Gasteiger partial charge in [-0.15, -0.1) is 0 Å². The number of hydrogen-bond acceptors (Lipinski definition) is 3. The molecule has 0 fully saturated rings. The summed E-state index contributed by atoms with van der Waals surface area (Å²) < 4.78 is 4.87. The minimum Gasteiger partial charge on any atom is -0.463 e. The van der Waals surface area contributed by atoms with Gasteiger partial charge >= 0.3 is 5.97 Å². The van der Waals surface area contributed by atoms with E-state index in [0.29, 0.717) is 5.92 Å². The van der Waals surface area contributed by atoms with Gasteiger partial charge in [0.1, 0.15) is 6.61 Å². The number of carbonyl (C=O) groups excluding carboxylic acids is 1. The Morgan fingerprint density at radius 1 is 1.46 bits per heavy atom. The van der Waals surface area contributed by atoms with Crippen LogP contribution in [0.25, 0.3) is 0 Å². The van der Waals surface area contributed by atoms with Gasteiger partial charge in [-0.2, -0.15) is 0 Å². The standard InChI is InChI=1S/C10H20O3/c1-8(2)7-10(3,4)9(12)13-6-5-11/h8,11H,5-7H2,1-4H3. The molecule has 0 aliphatic heterocycles. The minimum atomic E-state index is -0.441. The number of hydrogen-bond donors (Lipinski definition) is 1. The average Bonchev–Trinajstić information content (AvgIpc) is 1.97. The van der Waals surface area contributed by atoms with Crippen LogP contribution in [-0.2, 0) is 9.53 Å². The second kappa shape index (κ2) is 5.22. The largest absolute Gasteiger partial charge is 0.463 e. The summed E-state index contributed by atoms with van der Waals surface area (Å²) in [6, 6.07) is 0. The van der Waals surface area contributed by atoms with E-state index >= 15 is 0 Å². The fourth-order valence-corrected chi connectivity index (χ4v) is 1.44. The summed E-state index contributed by atoms with van der Waals surface area (Å²) in [4.78, 5) is 11.4. The Balaban J connectivity index is 4.03. The summed E-state index contributed by atoms with van der Waals surface area (Å²) in [7, 11) is 0. The first-order valence-corrected chi connectivity index (χ1v) is 4.68. The molecule has 0 aromatic carbocycles. The molecular formula is C10H20O3. The van der Waals surface area contributed by atoms with Crippen LogP contribution in [0.5, 0.6) is 0 Å². The van der Waals surface area contributed by atoms with Gasteiger partial charge in [0.15, 0.2) is 0 Å². The summed E-state index contributed by atoms with van der Waals surface area (Å²) in [6.45, 7) is 7.87. The van der Waals surface area contributed by atoms with Gasteiger partial charge in [0.05, 0.1) is 12.0 Å². The molecule has 0 spiro atoms. The number of carbonyl (C=O) groups is 1. The fourth-order valence-electron chi connectivity index (χ4n) is 1.44. The van der Waals surface area contributed by atoms with E-state index in [1.54, 1.807) is 0 Å². The van der Waals surface area contributed by atoms with Crippen molar-refractivity contribution in [2.75, 3.05) is 13.2 Å². The highest BCUT2D eigenvalue weighted by molar-refractivity contribution is 5.75. The maximum atomic E-state index is 11.4. The van der Waals surface area contributed by atoms with E-state index in [0.717, 1.165) is 6.42 Å². The van der Waals surface area contributed by atoms with Gasteiger partial charge in [-0.25, -0.2) is 0 Å². The van der Waals surface area contributed by atoms with Crippen molar-refractivity contribution in [3.8, 4) is 0 Å². The Hall–Kier alpha value is -0.570. The quantitative estimate of drug-likeness (QED) is 0.666. The fraction of sp³-hybridized carbons (Fsp3) is 0.900. The lowest BCUT2D eigenvalue weighted by atomic mass is 9.84. The molecule has 0 radical (unpaired) electrons. The van der Waals surface area contributed by atoms with Crippen molar-refractivity contribution >= 4 is 5.97 Å². The molecule has 0 rings (SSSR count). The highest BCUT2D eigenvalue weighted by Crippen LogP contribution is 2.26. The maximum Gasteiger partial charge on any atom is 0.311 e. The molecule has 0 aliphatic rings. The molecule has 0 aliphatic carbocycles. The lowest BCUT2D eigenvalue weighted by Crippen LogP contribution is -2.29. The third kappa shape index (κ3) is 4.88. The Bertz CT molecular complexity index is 162. The lowest BCUT2D eigenvalue weighted by Gasteiger charge is -2.24. The molecule has 0 aromatic heterocycles. The number of aliphatic hydroxyl groups excluding tert-OH is 1. The van der Waals surface area contributed by atoms with Crippen LogP contribution in [0.3, 0.4) is 0 Å². The average molecular weight is 188 g/mol. The SMILES string of the molecule is CC(C)CC(C)(C)C(=O)OCCO. The van der Waals surface area contributed by atoms with Gasteiger partial charge < -0.3 is 9.84 Å². The molecular weight excluding hydrogens is 168 g/mol. The first-order valence-electron chi connectivity index (χ1n) is 4.68. The number of rotatable bonds is 5. The molecule has 0 saturated carbocycles. The number of aliphatic hydroxyl groups is 1. The highest BCUT2D eigenvalue weighted by atomic mass is 16.5. The molecule has 3 nitrogen and oxygen atoms in total. The third-order valence-electron chi connectivity index (χ3n) is 1.80. The molecule has 13 heavy (non-hydrogen) atoms. The zero-order valence-corrected chi connectivity index (χ0v) is 8.96. The van der Waals surface area contributed by atoms with E-state index in [9.17, 15) is 4.79 Å². The van der Waals surface area contributed by atoms with E-state index in [1.165, 1.54) is 0 Å². The highest BCUT2D eigenvalue weighted by Gasteiger charge is 2.29. The Labute approximate surface area is 80.1 Å². The van der Waals surface area contributed by atoms with Gasteiger partial charge in [0.25, 0.3) is 0 Å². The Kier molecular flexibility index (Phi) is 4.99. The second-order valence-electron chi connectivity index (χ2n) is 4.34. The van der Waals surface area contributed by atoms with Gasteiger partial charge in [0.2, 0.25) is 0 Å². The smallest absolute Gasteiger partial charge is 0.311 e. The van der Waals surface area contributed by atoms with E-state index in [1.807, 2.05) is 13.8 Å². The summed E-state index contributed by atoms with van der Waals surface area (Å²) >= 11 is 0. The van der Waals surface area contributed by atoms with Crippen molar-refractivity contribution in [1.29, 1.82) is 0 Å². The van der Waals surface area contributed by atoms with Gasteiger partial charge in [-0.1, -0.05) is 13.8 Å². The molecule has 0 heterocycles. The Morgan fingerprint density at radius 2 is 2.00 bits per heavy atom. The Morgan fingerprint density at radius 3 is 2.38 bits per heavy atom. The molecule has 78 valence electrons. The van der Waals surface area contributed by atoms with E-state index in [4.69, 9.17) is 9.84 Å². The van der Waals surface area contributed by atoms with Crippen molar-refractivity contribution in [3.63, 3.8) is 0 Å². The van der Waals surface area contributed by atoms with Crippen LogP contribution >= 0.6 is 0 Å². The van der Waals surface area contributed by atoms with E-state index in [2.05, 4.69) is 13.8 Å². The minimum absolute atomic E-state index is 0.0976. The van der Waals surface area contributed by atoms with Crippen LogP contribution < -0.4 is 0 Å². The van der Waals surface area contributed by atoms with Crippen molar-refractivity contribution in [2.45, 2.75) is 34.1 Å². The predicted molar refractivity (Wildman–Crippen MR) is 51.3 cm³/mol.